The molecule has 0 aliphatic carbocycles. The van der Waals surface area contributed by atoms with Gasteiger partial charge in [-0.2, -0.15) is 0 Å². The average Bonchev–Trinajstić information content (AvgIpc) is 2.43. The van der Waals surface area contributed by atoms with E-state index in [2.05, 4.69) is 10.3 Å². The summed E-state index contributed by atoms with van der Waals surface area (Å²) in [5.74, 6) is 0.885. The number of nitrogens with one attached hydrogen (secondary N) is 1. The van der Waals surface area contributed by atoms with Gasteiger partial charge in [-0.15, -0.1) is 0 Å². The van der Waals surface area contributed by atoms with Crippen molar-refractivity contribution in [1.82, 2.24) is 10.3 Å². The Morgan fingerprint density at radius 3 is 2.76 bits per heavy atom. The highest BCUT2D eigenvalue weighted by Gasteiger charge is 2.15. The SMILES string of the molecule is CCNC(C)c1cc(F)c(C)cc1Oc1cncc(Cl)c1. The van der Waals surface area contributed by atoms with Gasteiger partial charge in [-0.3, -0.25) is 4.98 Å². The number of aromatic nitrogens is 1. The molecule has 2 rings (SSSR count). The quantitative estimate of drug-likeness (QED) is 0.873. The Kier molecular flexibility index (Phi) is 5.15. The van der Waals surface area contributed by atoms with Crippen molar-refractivity contribution < 1.29 is 9.13 Å². The summed E-state index contributed by atoms with van der Waals surface area (Å²) in [6.45, 7) is 6.47. The van der Waals surface area contributed by atoms with Gasteiger partial charge in [0.25, 0.3) is 0 Å². The predicted molar refractivity (Wildman–Crippen MR) is 82.5 cm³/mol. The number of aryl methyl sites for hydroxylation is 1. The van der Waals surface area contributed by atoms with Crippen LogP contribution in [0.15, 0.2) is 30.6 Å². The van der Waals surface area contributed by atoms with Gasteiger partial charge in [0.1, 0.15) is 17.3 Å². The van der Waals surface area contributed by atoms with E-state index in [1.165, 1.54) is 12.3 Å². The number of hydrogen-bond donors (Lipinski definition) is 1. The van der Waals surface area contributed by atoms with Crippen molar-refractivity contribution >= 4 is 11.6 Å². The van der Waals surface area contributed by atoms with Crippen LogP contribution in [0.5, 0.6) is 11.5 Å². The third-order valence-corrected chi connectivity index (χ3v) is 3.38. The maximum atomic E-state index is 13.8. The van der Waals surface area contributed by atoms with Crippen LogP contribution in [0, 0.1) is 12.7 Å². The van der Waals surface area contributed by atoms with Crippen molar-refractivity contribution in [2.24, 2.45) is 0 Å². The number of benzene rings is 1. The van der Waals surface area contributed by atoms with Crippen LogP contribution in [-0.2, 0) is 0 Å². The summed E-state index contributed by atoms with van der Waals surface area (Å²) in [7, 11) is 0. The van der Waals surface area contributed by atoms with Gasteiger partial charge in [0.15, 0.2) is 0 Å². The van der Waals surface area contributed by atoms with Crippen LogP contribution in [0.4, 0.5) is 4.39 Å². The Bertz CT molecular complexity index is 634. The van der Waals surface area contributed by atoms with E-state index in [1.807, 2.05) is 13.8 Å². The van der Waals surface area contributed by atoms with Crippen molar-refractivity contribution in [3.05, 3.63) is 52.6 Å². The van der Waals surface area contributed by atoms with Gasteiger partial charge in [0.05, 0.1) is 11.2 Å². The molecule has 3 nitrogen and oxygen atoms in total. The molecular weight excluding hydrogens is 291 g/mol. The lowest BCUT2D eigenvalue weighted by molar-refractivity contribution is 0.457. The van der Waals surface area contributed by atoms with Crippen LogP contribution in [-0.4, -0.2) is 11.5 Å². The van der Waals surface area contributed by atoms with Gasteiger partial charge < -0.3 is 10.1 Å². The van der Waals surface area contributed by atoms with E-state index in [0.29, 0.717) is 22.1 Å². The highest BCUT2D eigenvalue weighted by Crippen LogP contribution is 2.32. The van der Waals surface area contributed by atoms with Gasteiger partial charge in [-0.05, 0) is 38.1 Å². The number of pyridine rings is 1. The molecule has 21 heavy (non-hydrogen) atoms. The Balaban J connectivity index is 2.39. The standard InChI is InChI=1S/C16H18ClFN2O/c1-4-20-11(3)14-7-15(18)10(2)5-16(14)21-13-6-12(17)8-19-9-13/h5-9,11,20H,4H2,1-3H3. The van der Waals surface area contributed by atoms with Crippen LogP contribution in [0.2, 0.25) is 5.02 Å². The molecule has 0 aliphatic rings. The summed E-state index contributed by atoms with van der Waals surface area (Å²) in [6.07, 6.45) is 3.11. The zero-order valence-electron chi connectivity index (χ0n) is 12.3. The highest BCUT2D eigenvalue weighted by molar-refractivity contribution is 6.30. The lowest BCUT2D eigenvalue weighted by Crippen LogP contribution is -2.18. The number of nitrogens with zero attached hydrogens (tertiary/aromatic N) is 1. The summed E-state index contributed by atoms with van der Waals surface area (Å²) in [5, 5.41) is 3.75. The fraction of sp³-hybridized carbons (Fsp3) is 0.312. The van der Waals surface area contributed by atoms with Crippen molar-refractivity contribution in [3.63, 3.8) is 0 Å². The van der Waals surface area contributed by atoms with Crippen LogP contribution >= 0.6 is 11.6 Å². The van der Waals surface area contributed by atoms with Crippen LogP contribution in [0.3, 0.4) is 0 Å². The normalized spacial score (nSPS) is 12.2. The fourth-order valence-corrected chi connectivity index (χ4v) is 2.25. The molecule has 1 atom stereocenters. The summed E-state index contributed by atoms with van der Waals surface area (Å²) in [4.78, 5) is 3.98. The van der Waals surface area contributed by atoms with Gasteiger partial charge in [-0.25, -0.2) is 4.39 Å². The van der Waals surface area contributed by atoms with E-state index in [-0.39, 0.29) is 11.9 Å². The van der Waals surface area contributed by atoms with E-state index in [0.717, 1.165) is 12.1 Å². The molecule has 1 aromatic heterocycles. The topological polar surface area (TPSA) is 34.1 Å². The van der Waals surface area contributed by atoms with E-state index < -0.39 is 0 Å². The van der Waals surface area contributed by atoms with Gasteiger partial charge in [-0.1, -0.05) is 18.5 Å². The second kappa shape index (κ2) is 6.87. The molecule has 1 aromatic carbocycles. The molecule has 0 saturated heterocycles. The van der Waals surface area contributed by atoms with Crippen LogP contribution in [0.25, 0.3) is 0 Å². The van der Waals surface area contributed by atoms with Crippen molar-refractivity contribution in [3.8, 4) is 11.5 Å². The molecule has 0 saturated carbocycles. The summed E-state index contributed by atoms with van der Waals surface area (Å²) in [5.41, 5.74) is 1.30. The Labute approximate surface area is 129 Å². The fourth-order valence-electron chi connectivity index (χ4n) is 2.09. The minimum absolute atomic E-state index is 0.0211. The summed E-state index contributed by atoms with van der Waals surface area (Å²) >= 11 is 5.90. The predicted octanol–water partition coefficient (Wildman–Crippen LogP) is 4.65. The lowest BCUT2D eigenvalue weighted by atomic mass is 10.0. The van der Waals surface area contributed by atoms with Crippen molar-refractivity contribution in [1.29, 1.82) is 0 Å². The van der Waals surface area contributed by atoms with Crippen molar-refractivity contribution in [2.45, 2.75) is 26.8 Å². The molecule has 2 aromatic rings. The largest absolute Gasteiger partial charge is 0.455 e. The summed E-state index contributed by atoms with van der Waals surface area (Å²) in [6, 6.07) is 4.86. The molecule has 112 valence electrons. The zero-order valence-corrected chi connectivity index (χ0v) is 13.0. The highest BCUT2D eigenvalue weighted by atomic mass is 35.5. The molecule has 5 heteroatoms. The third-order valence-electron chi connectivity index (χ3n) is 3.18. The molecule has 0 spiro atoms. The smallest absolute Gasteiger partial charge is 0.147 e. The molecule has 0 fully saturated rings. The maximum Gasteiger partial charge on any atom is 0.147 e. The maximum absolute atomic E-state index is 13.8. The Morgan fingerprint density at radius 1 is 1.33 bits per heavy atom. The van der Waals surface area contributed by atoms with E-state index in [9.17, 15) is 4.39 Å². The van der Waals surface area contributed by atoms with Crippen LogP contribution in [0.1, 0.15) is 31.0 Å². The molecule has 0 aliphatic heterocycles. The summed E-state index contributed by atoms with van der Waals surface area (Å²) < 4.78 is 19.7. The molecule has 1 unspecified atom stereocenters. The average molecular weight is 309 g/mol. The van der Waals surface area contributed by atoms with Gasteiger partial charge in [0.2, 0.25) is 0 Å². The lowest BCUT2D eigenvalue weighted by Gasteiger charge is -2.18. The zero-order chi connectivity index (χ0) is 15.4. The first kappa shape index (κ1) is 15.7. The molecule has 1 heterocycles. The number of hydrogen-bond acceptors (Lipinski definition) is 3. The molecule has 1 N–H and O–H groups in total. The Morgan fingerprint density at radius 2 is 2.10 bits per heavy atom. The second-order valence-corrected chi connectivity index (χ2v) is 5.30. The first-order valence-electron chi connectivity index (χ1n) is 6.83. The molecule has 0 radical (unpaired) electrons. The third kappa shape index (κ3) is 3.93. The van der Waals surface area contributed by atoms with E-state index in [4.69, 9.17) is 16.3 Å². The monoisotopic (exact) mass is 308 g/mol. The molecular formula is C16H18ClFN2O. The van der Waals surface area contributed by atoms with Gasteiger partial charge >= 0.3 is 0 Å². The Hall–Kier alpha value is -1.65. The van der Waals surface area contributed by atoms with Crippen molar-refractivity contribution in [2.75, 3.05) is 6.54 Å². The number of halogens is 2. The first-order chi connectivity index (χ1) is 10.0. The van der Waals surface area contributed by atoms with Crippen LogP contribution < -0.4 is 10.1 Å². The van der Waals surface area contributed by atoms with E-state index in [1.54, 1.807) is 25.3 Å². The minimum Gasteiger partial charge on any atom is -0.455 e. The van der Waals surface area contributed by atoms with E-state index >= 15 is 0 Å². The molecule has 0 bridgehead atoms. The second-order valence-electron chi connectivity index (χ2n) is 4.86. The minimum atomic E-state index is -0.244. The number of rotatable bonds is 5. The molecule has 0 amide bonds. The first-order valence-corrected chi connectivity index (χ1v) is 7.21. The number of ether oxygens (including phenoxy) is 1. The van der Waals surface area contributed by atoms with Gasteiger partial charge in [0, 0.05) is 23.9 Å².